The van der Waals surface area contributed by atoms with Crippen molar-refractivity contribution in [2.45, 2.75) is 12.8 Å². The van der Waals surface area contributed by atoms with E-state index < -0.39 is 0 Å². The molecule has 0 fully saturated rings. The van der Waals surface area contributed by atoms with Crippen molar-refractivity contribution in [1.82, 2.24) is 38.7 Å². The first-order valence-electron chi connectivity index (χ1n) is 21.4. The lowest BCUT2D eigenvalue weighted by atomic mass is 9.99. The second-order valence-electron chi connectivity index (χ2n) is 16.2. The predicted octanol–water partition coefficient (Wildman–Crippen LogP) is 11.8. The highest BCUT2D eigenvalue weighted by molar-refractivity contribution is 6.23. The molecule has 9 heteroatoms. The van der Waals surface area contributed by atoms with E-state index in [-0.39, 0.29) is 5.56 Å². The third kappa shape index (κ3) is 5.61. The Labute approximate surface area is 365 Å². The summed E-state index contributed by atoms with van der Waals surface area (Å²) in [5.74, 6) is 0. The third-order valence-corrected chi connectivity index (χ3v) is 12.5. The Morgan fingerprint density at radius 1 is 0.406 bits per heavy atom. The van der Waals surface area contributed by atoms with E-state index >= 15 is 4.79 Å². The van der Waals surface area contributed by atoms with E-state index in [9.17, 15) is 0 Å². The molecule has 3 aromatic carbocycles. The lowest BCUT2D eigenvalue weighted by Crippen LogP contribution is -2.17. The maximum Gasteiger partial charge on any atom is 0.260 e. The van der Waals surface area contributed by atoms with Gasteiger partial charge in [0.1, 0.15) is 0 Å². The van der Waals surface area contributed by atoms with E-state index in [1.54, 1.807) is 24.8 Å². The lowest BCUT2D eigenvalue weighted by Gasteiger charge is -2.11. The molecule has 0 saturated carbocycles. The molecule has 64 heavy (non-hydrogen) atoms. The highest BCUT2D eigenvalue weighted by Gasteiger charge is 2.25. The molecule has 0 amide bonds. The molecule has 1 aliphatic carbocycles. The van der Waals surface area contributed by atoms with Crippen LogP contribution >= 0.6 is 0 Å². The van der Waals surface area contributed by atoms with Gasteiger partial charge in [0.2, 0.25) is 0 Å². The van der Waals surface area contributed by atoms with Gasteiger partial charge in [-0.1, -0.05) is 54.6 Å². The Kier molecular flexibility index (Phi) is 7.98. The van der Waals surface area contributed by atoms with Crippen LogP contribution in [0.3, 0.4) is 0 Å². The van der Waals surface area contributed by atoms with Gasteiger partial charge in [-0.05, 0) is 138 Å². The van der Waals surface area contributed by atoms with Crippen LogP contribution in [0.2, 0.25) is 0 Å². The number of pyridine rings is 6. The SMILES string of the molecule is O=c1c2c(n3c4ccc(-c5cc(-c6ccccn6)nc(-c6ccccn6)c5)cc4c4ccc5c6cc(-c7cc(-c8ccccn8)nc(-c8ccccn8)c7)ccc6n1c5c43)C=CCC2. The number of rotatable bonds is 6. The van der Waals surface area contributed by atoms with Gasteiger partial charge >= 0.3 is 0 Å². The van der Waals surface area contributed by atoms with E-state index in [4.69, 9.17) is 9.97 Å². The number of fused-ring (bicyclic) bond motifs is 8. The average Bonchev–Trinajstić information content (AvgIpc) is 3.85. The maximum absolute atomic E-state index is 15.0. The summed E-state index contributed by atoms with van der Waals surface area (Å²) in [6.45, 7) is 0. The second kappa shape index (κ2) is 14.2. The van der Waals surface area contributed by atoms with Crippen LogP contribution in [-0.4, -0.2) is 38.7 Å². The summed E-state index contributed by atoms with van der Waals surface area (Å²) < 4.78 is 4.30. The van der Waals surface area contributed by atoms with Gasteiger partial charge < -0.3 is 4.40 Å². The van der Waals surface area contributed by atoms with Crippen molar-refractivity contribution in [1.29, 1.82) is 0 Å². The molecule has 9 nitrogen and oxygen atoms in total. The van der Waals surface area contributed by atoms with E-state index in [0.29, 0.717) is 6.42 Å². The molecule has 0 unspecified atom stereocenters. The van der Waals surface area contributed by atoms with Crippen molar-refractivity contribution >= 4 is 49.7 Å². The van der Waals surface area contributed by atoms with Gasteiger partial charge in [0.25, 0.3) is 5.56 Å². The largest absolute Gasteiger partial charge is 0.307 e. The first-order chi connectivity index (χ1) is 31.6. The van der Waals surface area contributed by atoms with Crippen LogP contribution in [0.5, 0.6) is 0 Å². The van der Waals surface area contributed by atoms with Gasteiger partial charge in [0, 0.05) is 51.9 Å². The van der Waals surface area contributed by atoms with Crippen molar-refractivity contribution in [3.63, 3.8) is 0 Å². The maximum atomic E-state index is 15.0. The van der Waals surface area contributed by atoms with E-state index in [0.717, 1.165) is 129 Å². The highest BCUT2D eigenvalue weighted by atomic mass is 16.1. The number of aromatic nitrogens is 8. The molecular formula is C55H34N8O. The molecule has 9 aromatic heterocycles. The van der Waals surface area contributed by atoms with Crippen molar-refractivity contribution in [3.05, 3.63) is 198 Å². The normalized spacial score (nSPS) is 12.6. The van der Waals surface area contributed by atoms with Crippen LogP contribution in [0.1, 0.15) is 17.7 Å². The minimum Gasteiger partial charge on any atom is -0.307 e. The number of allylic oxidation sites excluding steroid dienone is 1. The summed E-state index contributed by atoms with van der Waals surface area (Å²) in [7, 11) is 0. The molecule has 13 rings (SSSR count). The summed E-state index contributed by atoms with van der Waals surface area (Å²) in [6.07, 6.45) is 12.9. The summed E-state index contributed by atoms with van der Waals surface area (Å²) in [5, 5.41) is 4.20. The molecule has 0 radical (unpaired) electrons. The van der Waals surface area contributed by atoms with Crippen molar-refractivity contribution in [2.75, 3.05) is 0 Å². The minimum atomic E-state index is 0.0211. The summed E-state index contributed by atoms with van der Waals surface area (Å²) >= 11 is 0. The second-order valence-corrected chi connectivity index (χ2v) is 16.2. The van der Waals surface area contributed by atoms with Crippen molar-refractivity contribution in [2.24, 2.45) is 0 Å². The van der Waals surface area contributed by atoms with Gasteiger partial charge in [-0.15, -0.1) is 0 Å². The highest BCUT2D eigenvalue weighted by Crippen LogP contribution is 2.42. The summed E-state index contributed by atoms with van der Waals surface area (Å²) in [6, 6.07) is 49.4. The number of nitrogens with zero attached hydrogens (tertiary/aromatic N) is 8. The number of hydrogen-bond donors (Lipinski definition) is 0. The van der Waals surface area contributed by atoms with Crippen molar-refractivity contribution in [3.8, 4) is 67.8 Å². The molecule has 0 atom stereocenters. The van der Waals surface area contributed by atoms with E-state index in [1.165, 1.54) is 0 Å². The third-order valence-electron chi connectivity index (χ3n) is 12.5. The molecular weight excluding hydrogens is 789 g/mol. The molecule has 0 spiro atoms. The van der Waals surface area contributed by atoms with Gasteiger partial charge in [-0.25, -0.2) is 9.97 Å². The standard InChI is InChI=1S/C55H34N8O/c64-55-39-11-1-2-16-50(39)62-51-21-17-33(35-29-46(42-12-3-7-23-56-42)60-47(30-35)43-13-4-8-24-57-43)27-40(51)37-19-20-38-41-28-34(18-22-52(41)63(55)54(38)53(37)62)36-31-48(44-14-5-9-25-58-44)61-49(32-36)45-15-6-10-26-59-45/h2-10,12-32H,1,11H2. The van der Waals surface area contributed by atoms with Crippen molar-refractivity contribution < 1.29 is 0 Å². The fourth-order valence-corrected chi connectivity index (χ4v) is 9.61. The first-order valence-corrected chi connectivity index (χ1v) is 21.4. The average molecular weight is 823 g/mol. The molecule has 0 saturated heterocycles. The van der Waals surface area contributed by atoms with Gasteiger partial charge in [-0.3, -0.25) is 29.1 Å². The topological polar surface area (TPSA) is 103 Å². The molecule has 0 N–H and O–H groups in total. The van der Waals surface area contributed by atoms with E-state index in [1.807, 2.05) is 77.2 Å². The molecule has 0 aliphatic heterocycles. The summed E-state index contributed by atoms with van der Waals surface area (Å²) in [5.41, 5.74) is 15.9. The molecule has 12 aromatic rings. The Bertz CT molecular complexity index is 3790. The zero-order valence-corrected chi connectivity index (χ0v) is 34.2. The lowest BCUT2D eigenvalue weighted by molar-refractivity contribution is 0.935. The minimum absolute atomic E-state index is 0.0211. The first kappa shape index (κ1) is 36.0. The van der Waals surface area contributed by atoms with Crippen LogP contribution in [-0.2, 0) is 6.42 Å². The fourth-order valence-electron chi connectivity index (χ4n) is 9.61. The number of benzene rings is 3. The van der Waals surface area contributed by atoms with Crippen LogP contribution in [0.15, 0.2) is 181 Å². The Morgan fingerprint density at radius 2 is 0.844 bits per heavy atom. The zero-order valence-electron chi connectivity index (χ0n) is 34.2. The molecule has 300 valence electrons. The molecule has 9 heterocycles. The monoisotopic (exact) mass is 822 g/mol. The molecule has 0 bridgehead atoms. The van der Waals surface area contributed by atoms with Gasteiger partial charge in [0.15, 0.2) is 0 Å². The van der Waals surface area contributed by atoms with Gasteiger partial charge in [0.05, 0.1) is 73.3 Å². The molecule has 1 aliphatic rings. The van der Waals surface area contributed by atoms with E-state index in [2.05, 4.69) is 109 Å². The van der Waals surface area contributed by atoms with Gasteiger partial charge in [-0.2, -0.15) is 0 Å². The van der Waals surface area contributed by atoms with Crippen LogP contribution in [0.4, 0.5) is 0 Å². The Hall–Kier alpha value is -8.69. The fraction of sp³-hybridized carbons (Fsp3) is 0.0364. The van der Waals surface area contributed by atoms with Crippen LogP contribution in [0, 0.1) is 0 Å². The quantitative estimate of drug-likeness (QED) is 0.164. The number of hydrogen-bond acceptors (Lipinski definition) is 7. The Morgan fingerprint density at radius 3 is 1.28 bits per heavy atom. The zero-order chi connectivity index (χ0) is 42.3. The summed E-state index contributed by atoms with van der Waals surface area (Å²) in [4.78, 5) is 43.6. The van der Waals surface area contributed by atoms with Crippen LogP contribution < -0.4 is 5.56 Å². The Balaban J connectivity index is 1.05. The predicted molar refractivity (Wildman–Crippen MR) is 255 cm³/mol. The van der Waals surface area contributed by atoms with Crippen LogP contribution in [0.25, 0.3) is 117 Å². The smallest absolute Gasteiger partial charge is 0.260 e.